The third-order valence-corrected chi connectivity index (χ3v) is 3.61. The lowest BCUT2D eigenvalue weighted by Crippen LogP contribution is -2.46. The van der Waals surface area contributed by atoms with Crippen molar-refractivity contribution in [2.75, 3.05) is 36.4 Å². The van der Waals surface area contributed by atoms with E-state index >= 15 is 0 Å². The van der Waals surface area contributed by atoms with Gasteiger partial charge in [-0.25, -0.2) is 13.8 Å². The molecule has 1 aromatic heterocycles. The van der Waals surface area contributed by atoms with Crippen LogP contribution in [0.3, 0.4) is 0 Å². The summed E-state index contributed by atoms with van der Waals surface area (Å²) in [5.41, 5.74) is 0.106. The van der Waals surface area contributed by atoms with Crippen molar-refractivity contribution in [1.82, 2.24) is 14.9 Å². The number of nitrogens with one attached hydrogen (secondary N) is 1. The second kappa shape index (κ2) is 6.55. The molecule has 1 amide bonds. The van der Waals surface area contributed by atoms with Gasteiger partial charge in [-0.2, -0.15) is 4.98 Å². The van der Waals surface area contributed by atoms with Gasteiger partial charge in [-0.1, -0.05) is 0 Å². The standard InChI is InChI=1S/C15H15F2N5O/c16-11-1-2-13(12(17)9-11)19-15-18-4-3-14(20-15)22-7-5-21(10-23)6-8-22/h1-4,9-10H,5-8H2,(H,18,19,20). The van der Waals surface area contributed by atoms with Crippen molar-refractivity contribution < 1.29 is 13.6 Å². The summed E-state index contributed by atoms with van der Waals surface area (Å²) < 4.78 is 26.6. The molecule has 0 aliphatic carbocycles. The first-order valence-corrected chi connectivity index (χ1v) is 7.15. The molecule has 23 heavy (non-hydrogen) atoms. The number of piperazine rings is 1. The minimum absolute atomic E-state index is 0.106. The molecule has 1 fully saturated rings. The summed E-state index contributed by atoms with van der Waals surface area (Å²) in [5, 5.41) is 2.74. The molecule has 0 atom stereocenters. The summed E-state index contributed by atoms with van der Waals surface area (Å²) in [6, 6.07) is 5.01. The second-order valence-electron chi connectivity index (χ2n) is 5.12. The van der Waals surface area contributed by atoms with Gasteiger partial charge in [0.15, 0.2) is 0 Å². The van der Waals surface area contributed by atoms with Crippen molar-refractivity contribution >= 4 is 23.9 Å². The first-order chi connectivity index (χ1) is 11.2. The predicted molar refractivity (Wildman–Crippen MR) is 81.5 cm³/mol. The molecule has 8 heteroatoms. The number of aromatic nitrogens is 2. The summed E-state index contributed by atoms with van der Waals surface area (Å²) in [6.07, 6.45) is 2.40. The highest BCUT2D eigenvalue weighted by molar-refractivity contribution is 5.56. The molecule has 1 aliphatic heterocycles. The van der Waals surface area contributed by atoms with Gasteiger partial charge in [0.1, 0.15) is 17.5 Å². The maximum atomic E-state index is 13.7. The molecule has 1 N–H and O–H groups in total. The lowest BCUT2D eigenvalue weighted by atomic mass is 10.3. The molecule has 2 heterocycles. The first-order valence-electron chi connectivity index (χ1n) is 7.15. The molecule has 2 aromatic rings. The lowest BCUT2D eigenvalue weighted by molar-refractivity contribution is -0.118. The van der Waals surface area contributed by atoms with Gasteiger partial charge in [-0.3, -0.25) is 4.79 Å². The fourth-order valence-corrected chi connectivity index (χ4v) is 2.35. The average Bonchev–Trinajstić information content (AvgIpc) is 2.58. The summed E-state index contributed by atoms with van der Waals surface area (Å²) in [5.74, 6) is -0.434. The van der Waals surface area contributed by atoms with Gasteiger partial charge in [0.2, 0.25) is 12.4 Å². The molecule has 1 aromatic carbocycles. The van der Waals surface area contributed by atoms with Crippen LogP contribution in [-0.4, -0.2) is 47.5 Å². The van der Waals surface area contributed by atoms with Gasteiger partial charge >= 0.3 is 0 Å². The zero-order valence-electron chi connectivity index (χ0n) is 12.2. The molecule has 3 rings (SSSR count). The van der Waals surface area contributed by atoms with E-state index in [1.807, 2.05) is 4.90 Å². The largest absolute Gasteiger partial charge is 0.353 e. The molecule has 0 unspecified atom stereocenters. The van der Waals surface area contributed by atoms with E-state index in [1.165, 1.54) is 6.07 Å². The smallest absolute Gasteiger partial charge is 0.229 e. The Bertz CT molecular complexity index is 704. The number of halogens is 2. The Labute approximate surface area is 131 Å². The van der Waals surface area contributed by atoms with Crippen LogP contribution in [0.4, 0.5) is 26.2 Å². The first kappa shape index (κ1) is 15.1. The Morgan fingerprint density at radius 1 is 1.13 bits per heavy atom. The number of carbonyl (C=O) groups is 1. The Hall–Kier alpha value is -2.77. The van der Waals surface area contributed by atoms with E-state index in [4.69, 9.17) is 0 Å². The van der Waals surface area contributed by atoms with E-state index in [2.05, 4.69) is 15.3 Å². The molecular formula is C15H15F2N5O. The van der Waals surface area contributed by atoms with Crippen molar-refractivity contribution in [3.8, 4) is 0 Å². The molecule has 120 valence electrons. The van der Waals surface area contributed by atoms with Gasteiger partial charge in [0, 0.05) is 38.4 Å². The topological polar surface area (TPSA) is 61.4 Å². The molecule has 0 spiro atoms. The highest BCUT2D eigenvalue weighted by Gasteiger charge is 2.17. The van der Waals surface area contributed by atoms with E-state index in [-0.39, 0.29) is 11.6 Å². The van der Waals surface area contributed by atoms with E-state index in [0.717, 1.165) is 18.5 Å². The maximum Gasteiger partial charge on any atom is 0.229 e. The fourth-order valence-electron chi connectivity index (χ4n) is 2.35. The van der Waals surface area contributed by atoms with Crippen LogP contribution in [0, 0.1) is 11.6 Å². The van der Waals surface area contributed by atoms with E-state index < -0.39 is 11.6 Å². The number of carbonyl (C=O) groups excluding carboxylic acids is 1. The Morgan fingerprint density at radius 2 is 1.91 bits per heavy atom. The monoisotopic (exact) mass is 319 g/mol. The maximum absolute atomic E-state index is 13.7. The summed E-state index contributed by atoms with van der Waals surface area (Å²) in [4.78, 5) is 22.8. The zero-order valence-corrected chi connectivity index (χ0v) is 12.2. The highest BCUT2D eigenvalue weighted by atomic mass is 19.1. The molecule has 1 saturated heterocycles. The third-order valence-electron chi connectivity index (χ3n) is 3.61. The third kappa shape index (κ3) is 3.53. The van der Waals surface area contributed by atoms with Gasteiger partial charge in [0.25, 0.3) is 0 Å². The zero-order chi connectivity index (χ0) is 16.2. The summed E-state index contributed by atoms with van der Waals surface area (Å²) in [6.45, 7) is 2.59. The number of benzene rings is 1. The van der Waals surface area contributed by atoms with Crippen LogP contribution in [-0.2, 0) is 4.79 Å². The fraction of sp³-hybridized carbons (Fsp3) is 0.267. The molecule has 0 radical (unpaired) electrons. The number of anilines is 3. The number of rotatable bonds is 4. The van der Waals surface area contributed by atoms with Crippen molar-refractivity contribution in [3.63, 3.8) is 0 Å². The Morgan fingerprint density at radius 3 is 2.61 bits per heavy atom. The molecule has 0 saturated carbocycles. The summed E-state index contributed by atoms with van der Waals surface area (Å²) in [7, 11) is 0. The number of amides is 1. The highest BCUT2D eigenvalue weighted by Crippen LogP contribution is 2.20. The lowest BCUT2D eigenvalue weighted by Gasteiger charge is -2.33. The van der Waals surface area contributed by atoms with E-state index in [9.17, 15) is 13.6 Å². The summed E-state index contributed by atoms with van der Waals surface area (Å²) >= 11 is 0. The van der Waals surface area contributed by atoms with Crippen LogP contribution in [0.1, 0.15) is 0 Å². The van der Waals surface area contributed by atoms with Gasteiger partial charge < -0.3 is 15.1 Å². The minimum atomic E-state index is -0.710. The normalized spacial score (nSPS) is 14.7. The van der Waals surface area contributed by atoms with Gasteiger partial charge in [0.05, 0.1) is 5.69 Å². The van der Waals surface area contributed by atoms with Crippen molar-refractivity contribution in [1.29, 1.82) is 0 Å². The number of hydrogen-bond acceptors (Lipinski definition) is 5. The van der Waals surface area contributed by atoms with E-state index in [1.54, 1.807) is 17.2 Å². The number of nitrogens with zero attached hydrogens (tertiary/aromatic N) is 4. The average molecular weight is 319 g/mol. The van der Waals surface area contributed by atoms with Crippen LogP contribution >= 0.6 is 0 Å². The van der Waals surface area contributed by atoms with Crippen LogP contribution in [0.5, 0.6) is 0 Å². The number of hydrogen-bond donors (Lipinski definition) is 1. The van der Waals surface area contributed by atoms with Crippen molar-refractivity contribution in [3.05, 3.63) is 42.1 Å². The molecule has 6 nitrogen and oxygen atoms in total. The van der Waals surface area contributed by atoms with Gasteiger partial charge in [-0.15, -0.1) is 0 Å². The van der Waals surface area contributed by atoms with E-state index in [0.29, 0.717) is 32.0 Å². The SMILES string of the molecule is O=CN1CCN(c2ccnc(Nc3ccc(F)cc3F)n2)CC1. The molecular weight excluding hydrogens is 304 g/mol. The minimum Gasteiger partial charge on any atom is -0.353 e. The van der Waals surface area contributed by atoms with Crippen LogP contribution in [0.15, 0.2) is 30.5 Å². The Balaban J connectivity index is 1.74. The quantitative estimate of drug-likeness (QED) is 0.871. The van der Waals surface area contributed by atoms with Crippen LogP contribution < -0.4 is 10.2 Å². The molecule has 0 bridgehead atoms. The van der Waals surface area contributed by atoms with Crippen LogP contribution in [0.25, 0.3) is 0 Å². The second-order valence-corrected chi connectivity index (χ2v) is 5.12. The Kier molecular flexibility index (Phi) is 4.31. The predicted octanol–water partition coefficient (Wildman–Crippen LogP) is 1.78. The van der Waals surface area contributed by atoms with Crippen molar-refractivity contribution in [2.45, 2.75) is 0 Å². The molecule has 1 aliphatic rings. The van der Waals surface area contributed by atoms with Crippen molar-refractivity contribution in [2.24, 2.45) is 0 Å². The van der Waals surface area contributed by atoms with Gasteiger partial charge in [-0.05, 0) is 18.2 Å². The van der Waals surface area contributed by atoms with Crippen LogP contribution in [0.2, 0.25) is 0 Å².